The van der Waals surface area contributed by atoms with Crippen molar-refractivity contribution in [2.24, 2.45) is 5.41 Å². The molecule has 1 aliphatic heterocycles. The third-order valence-corrected chi connectivity index (χ3v) is 3.80. The van der Waals surface area contributed by atoms with Crippen LogP contribution in [-0.2, 0) is 0 Å². The number of carbonyl (C=O) groups excluding carboxylic acids is 1. The highest BCUT2D eigenvalue weighted by atomic mass is 16.5. The number of Topliss-reactive ketones (excluding diaryl/α,β-unsaturated/α-hetero) is 1. The number of pyridine rings is 1. The van der Waals surface area contributed by atoms with Gasteiger partial charge < -0.3 is 10.1 Å². The Kier molecular flexibility index (Phi) is 4.76. The van der Waals surface area contributed by atoms with Gasteiger partial charge in [0.25, 0.3) is 0 Å². The molecule has 4 nitrogen and oxygen atoms in total. The lowest BCUT2D eigenvalue weighted by Gasteiger charge is -2.26. The Morgan fingerprint density at radius 1 is 1.50 bits per heavy atom. The van der Waals surface area contributed by atoms with Gasteiger partial charge in [0, 0.05) is 23.7 Å². The Labute approximate surface area is 120 Å². The minimum absolute atomic E-state index is 0.0832. The number of ether oxygens (including phenoxy) is 1. The second-order valence-electron chi connectivity index (χ2n) is 5.86. The standard InChI is InChI=1S/C16H24N2O2/c1-4-5-16(6-7-17-11-16)15(19)13-8-14(10-18-9-13)20-12(2)3/h8-10,12,17H,4-7,11H2,1-3H3. The highest BCUT2D eigenvalue weighted by molar-refractivity contribution is 6.01. The highest BCUT2D eigenvalue weighted by Gasteiger charge is 2.40. The number of carbonyl (C=O) groups is 1. The van der Waals surface area contributed by atoms with Gasteiger partial charge in [-0.25, -0.2) is 0 Å². The lowest BCUT2D eigenvalue weighted by atomic mass is 9.76. The van der Waals surface area contributed by atoms with E-state index in [4.69, 9.17) is 4.74 Å². The van der Waals surface area contributed by atoms with Crippen LogP contribution in [0.1, 0.15) is 50.4 Å². The Hall–Kier alpha value is -1.42. The van der Waals surface area contributed by atoms with Crippen LogP contribution in [0.3, 0.4) is 0 Å². The molecule has 1 aromatic rings. The third kappa shape index (κ3) is 3.18. The Morgan fingerprint density at radius 2 is 2.30 bits per heavy atom. The fourth-order valence-corrected chi connectivity index (χ4v) is 2.93. The van der Waals surface area contributed by atoms with E-state index in [1.807, 2.05) is 19.9 Å². The summed E-state index contributed by atoms with van der Waals surface area (Å²) in [6, 6.07) is 1.82. The fraction of sp³-hybridized carbons (Fsp3) is 0.625. The van der Waals surface area contributed by atoms with Crippen LogP contribution in [0.2, 0.25) is 0 Å². The summed E-state index contributed by atoms with van der Waals surface area (Å²) in [5.41, 5.74) is 0.410. The van der Waals surface area contributed by atoms with E-state index >= 15 is 0 Å². The summed E-state index contributed by atoms with van der Waals surface area (Å²) >= 11 is 0. The molecule has 4 heteroatoms. The minimum Gasteiger partial charge on any atom is -0.489 e. The van der Waals surface area contributed by atoms with Crippen molar-refractivity contribution < 1.29 is 9.53 Å². The number of nitrogens with zero attached hydrogens (tertiary/aromatic N) is 1. The summed E-state index contributed by atoms with van der Waals surface area (Å²) in [4.78, 5) is 17.0. The van der Waals surface area contributed by atoms with Gasteiger partial charge in [-0.1, -0.05) is 13.3 Å². The first kappa shape index (κ1) is 15.0. The van der Waals surface area contributed by atoms with Crippen molar-refractivity contribution in [1.82, 2.24) is 10.3 Å². The minimum atomic E-state index is -0.257. The van der Waals surface area contributed by atoms with E-state index in [9.17, 15) is 4.79 Å². The van der Waals surface area contributed by atoms with E-state index in [1.165, 1.54) is 0 Å². The predicted octanol–water partition coefficient (Wildman–Crippen LogP) is 2.83. The zero-order chi connectivity index (χ0) is 14.6. The second-order valence-corrected chi connectivity index (χ2v) is 5.86. The molecule has 0 aromatic carbocycles. The van der Waals surface area contributed by atoms with Crippen LogP contribution < -0.4 is 10.1 Å². The van der Waals surface area contributed by atoms with E-state index in [-0.39, 0.29) is 17.3 Å². The van der Waals surface area contributed by atoms with Gasteiger partial charge in [0.2, 0.25) is 0 Å². The third-order valence-electron chi connectivity index (χ3n) is 3.80. The van der Waals surface area contributed by atoms with Crippen LogP contribution in [-0.4, -0.2) is 30.0 Å². The molecule has 2 heterocycles. The van der Waals surface area contributed by atoms with Gasteiger partial charge in [-0.05, 0) is 39.3 Å². The number of aromatic nitrogens is 1. The van der Waals surface area contributed by atoms with Crippen molar-refractivity contribution in [2.45, 2.75) is 46.1 Å². The summed E-state index contributed by atoms with van der Waals surface area (Å²) in [7, 11) is 0. The average Bonchev–Trinajstić information content (AvgIpc) is 2.87. The van der Waals surface area contributed by atoms with Crippen LogP contribution in [0, 0.1) is 5.41 Å². The number of hydrogen-bond donors (Lipinski definition) is 1. The molecule has 20 heavy (non-hydrogen) atoms. The van der Waals surface area contributed by atoms with Crippen LogP contribution in [0.5, 0.6) is 5.75 Å². The Morgan fingerprint density at radius 3 is 2.90 bits per heavy atom. The zero-order valence-corrected chi connectivity index (χ0v) is 12.6. The van der Waals surface area contributed by atoms with Gasteiger partial charge in [-0.15, -0.1) is 0 Å². The van der Waals surface area contributed by atoms with Crippen molar-refractivity contribution in [3.8, 4) is 5.75 Å². The molecule has 1 saturated heterocycles. The van der Waals surface area contributed by atoms with Gasteiger partial charge in [0.05, 0.1) is 12.3 Å². The molecule has 0 saturated carbocycles. The molecule has 1 aliphatic rings. The lowest BCUT2D eigenvalue weighted by molar-refractivity contribution is 0.0800. The topological polar surface area (TPSA) is 51.2 Å². The molecule has 1 fully saturated rings. The van der Waals surface area contributed by atoms with E-state index in [0.29, 0.717) is 11.3 Å². The monoisotopic (exact) mass is 276 g/mol. The molecule has 1 N–H and O–H groups in total. The summed E-state index contributed by atoms with van der Waals surface area (Å²) in [6.45, 7) is 7.75. The number of hydrogen-bond acceptors (Lipinski definition) is 4. The first-order valence-corrected chi connectivity index (χ1v) is 7.44. The van der Waals surface area contributed by atoms with E-state index in [2.05, 4.69) is 17.2 Å². The van der Waals surface area contributed by atoms with Gasteiger partial charge in [-0.3, -0.25) is 9.78 Å². The van der Waals surface area contributed by atoms with Gasteiger partial charge >= 0.3 is 0 Å². The molecule has 0 bridgehead atoms. The molecule has 0 radical (unpaired) electrons. The molecule has 110 valence electrons. The molecule has 2 rings (SSSR count). The van der Waals surface area contributed by atoms with Crippen molar-refractivity contribution in [2.75, 3.05) is 13.1 Å². The van der Waals surface area contributed by atoms with Crippen molar-refractivity contribution >= 4 is 5.78 Å². The number of nitrogens with one attached hydrogen (secondary N) is 1. The Balaban J connectivity index is 2.23. The van der Waals surface area contributed by atoms with Crippen LogP contribution in [0.25, 0.3) is 0 Å². The summed E-state index contributed by atoms with van der Waals surface area (Å²) in [5.74, 6) is 0.870. The largest absolute Gasteiger partial charge is 0.489 e. The van der Waals surface area contributed by atoms with Gasteiger partial charge in [-0.2, -0.15) is 0 Å². The van der Waals surface area contributed by atoms with E-state index in [0.717, 1.165) is 32.4 Å². The summed E-state index contributed by atoms with van der Waals surface area (Å²) in [6.07, 6.45) is 6.26. The molecular weight excluding hydrogens is 252 g/mol. The maximum absolute atomic E-state index is 12.9. The first-order valence-electron chi connectivity index (χ1n) is 7.44. The maximum atomic E-state index is 12.9. The second kappa shape index (κ2) is 6.35. The zero-order valence-electron chi connectivity index (χ0n) is 12.6. The maximum Gasteiger partial charge on any atom is 0.172 e. The molecule has 0 spiro atoms. The van der Waals surface area contributed by atoms with Crippen LogP contribution >= 0.6 is 0 Å². The fourth-order valence-electron chi connectivity index (χ4n) is 2.93. The molecule has 1 atom stereocenters. The van der Waals surface area contributed by atoms with Gasteiger partial charge in [0.15, 0.2) is 5.78 Å². The number of rotatable bonds is 6. The van der Waals surface area contributed by atoms with Crippen molar-refractivity contribution in [3.63, 3.8) is 0 Å². The summed E-state index contributed by atoms with van der Waals surface area (Å²) in [5, 5.41) is 3.32. The van der Waals surface area contributed by atoms with Crippen LogP contribution in [0.15, 0.2) is 18.5 Å². The quantitative estimate of drug-likeness (QED) is 0.812. The van der Waals surface area contributed by atoms with E-state index in [1.54, 1.807) is 12.4 Å². The van der Waals surface area contributed by atoms with Crippen LogP contribution in [0.4, 0.5) is 0 Å². The molecule has 0 amide bonds. The summed E-state index contributed by atoms with van der Waals surface area (Å²) < 4.78 is 5.63. The predicted molar refractivity (Wildman–Crippen MR) is 79.2 cm³/mol. The smallest absolute Gasteiger partial charge is 0.172 e. The molecule has 0 aliphatic carbocycles. The van der Waals surface area contributed by atoms with E-state index < -0.39 is 0 Å². The molecule has 1 unspecified atom stereocenters. The van der Waals surface area contributed by atoms with Crippen molar-refractivity contribution in [3.05, 3.63) is 24.0 Å². The lowest BCUT2D eigenvalue weighted by Crippen LogP contribution is -2.33. The SMILES string of the molecule is CCCC1(C(=O)c2cncc(OC(C)C)c2)CCNC1. The molecular formula is C16H24N2O2. The van der Waals surface area contributed by atoms with Crippen molar-refractivity contribution in [1.29, 1.82) is 0 Å². The average molecular weight is 276 g/mol. The normalized spacial score (nSPS) is 22.2. The number of ketones is 1. The molecule has 1 aromatic heterocycles. The highest BCUT2D eigenvalue weighted by Crippen LogP contribution is 2.35. The first-order chi connectivity index (χ1) is 9.57. The Bertz CT molecular complexity index is 465. The van der Waals surface area contributed by atoms with Gasteiger partial charge in [0.1, 0.15) is 5.75 Å².